The molecule has 1 unspecified atom stereocenters. The summed E-state index contributed by atoms with van der Waals surface area (Å²) >= 11 is 1.95. The Balaban J connectivity index is 1.64. The Morgan fingerprint density at radius 2 is 2.25 bits per heavy atom. The van der Waals surface area contributed by atoms with Gasteiger partial charge in [0, 0.05) is 17.8 Å². The lowest BCUT2D eigenvalue weighted by Gasteiger charge is -2.40. The highest BCUT2D eigenvalue weighted by molar-refractivity contribution is 8.00. The number of hydrogen-bond donors (Lipinski definition) is 2. The molecule has 1 aliphatic carbocycles. The van der Waals surface area contributed by atoms with Gasteiger partial charge in [0.15, 0.2) is 0 Å². The van der Waals surface area contributed by atoms with Gasteiger partial charge in [0.25, 0.3) is 0 Å². The van der Waals surface area contributed by atoms with E-state index in [9.17, 15) is 5.11 Å². The lowest BCUT2D eigenvalue weighted by Crippen LogP contribution is -2.45. The van der Waals surface area contributed by atoms with Gasteiger partial charge in [0.05, 0.1) is 0 Å². The van der Waals surface area contributed by atoms with Gasteiger partial charge in [-0.2, -0.15) is 11.8 Å². The molecule has 1 aromatic carbocycles. The number of benzene rings is 1. The van der Waals surface area contributed by atoms with Crippen LogP contribution in [0, 0.1) is 6.92 Å². The zero-order chi connectivity index (χ0) is 14.4. The summed E-state index contributed by atoms with van der Waals surface area (Å²) in [4.78, 5) is 0. The van der Waals surface area contributed by atoms with Crippen LogP contribution in [0.1, 0.15) is 24.8 Å². The van der Waals surface area contributed by atoms with E-state index in [1.54, 1.807) is 0 Å². The first kappa shape index (κ1) is 15.7. The maximum absolute atomic E-state index is 9.95. The van der Waals surface area contributed by atoms with Crippen molar-refractivity contribution >= 4 is 11.8 Å². The average molecular weight is 295 g/mol. The highest BCUT2D eigenvalue weighted by Gasteiger charge is 2.35. The Morgan fingerprint density at radius 1 is 1.45 bits per heavy atom. The van der Waals surface area contributed by atoms with Gasteiger partial charge in [-0.15, -0.1) is 0 Å². The van der Waals surface area contributed by atoms with E-state index in [0.29, 0.717) is 17.9 Å². The molecule has 1 saturated carbocycles. The van der Waals surface area contributed by atoms with Crippen LogP contribution in [0.15, 0.2) is 24.3 Å². The van der Waals surface area contributed by atoms with E-state index in [1.165, 1.54) is 24.8 Å². The normalized spacial score (nSPS) is 18.4. The molecule has 0 spiro atoms. The third kappa shape index (κ3) is 4.40. The van der Waals surface area contributed by atoms with Crippen molar-refractivity contribution in [2.45, 2.75) is 37.0 Å². The molecule has 112 valence electrons. The first-order chi connectivity index (χ1) is 9.63. The highest BCUT2D eigenvalue weighted by Crippen LogP contribution is 2.42. The molecular weight excluding hydrogens is 270 g/mol. The second-order valence-corrected chi connectivity index (χ2v) is 6.93. The fraction of sp³-hybridized carbons (Fsp3) is 0.625. The van der Waals surface area contributed by atoms with E-state index in [2.05, 4.69) is 11.6 Å². The van der Waals surface area contributed by atoms with Crippen LogP contribution in [0.25, 0.3) is 0 Å². The maximum atomic E-state index is 9.95. The van der Waals surface area contributed by atoms with Crippen molar-refractivity contribution in [1.82, 2.24) is 5.32 Å². The Labute approximate surface area is 126 Å². The summed E-state index contributed by atoms with van der Waals surface area (Å²) in [5, 5.41) is 13.3. The van der Waals surface area contributed by atoms with Crippen molar-refractivity contribution < 1.29 is 9.84 Å². The fourth-order valence-electron chi connectivity index (χ4n) is 2.45. The molecule has 1 fully saturated rings. The summed E-state index contributed by atoms with van der Waals surface area (Å²) < 4.78 is 6.02. The topological polar surface area (TPSA) is 41.5 Å². The molecule has 1 aliphatic rings. The van der Waals surface area contributed by atoms with Crippen molar-refractivity contribution in [1.29, 1.82) is 0 Å². The number of ether oxygens (including phenoxy) is 1. The van der Waals surface area contributed by atoms with Crippen molar-refractivity contribution in [3.63, 3.8) is 0 Å². The molecule has 0 saturated heterocycles. The fourth-order valence-corrected chi connectivity index (χ4v) is 3.39. The summed E-state index contributed by atoms with van der Waals surface area (Å²) in [6, 6.07) is 7.90. The second kappa shape index (κ2) is 7.34. The number of aliphatic hydroxyl groups is 1. The van der Waals surface area contributed by atoms with Gasteiger partial charge in [-0.25, -0.2) is 0 Å². The zero-order valence-electron chi connectivity index (χ0n) is 12.4. The molecule has 0 bridgehead atoms. The molecule has 0 aromatic heterocycles. The number of nitrogens with one attached hydrogen (secondary N) is 1. The molecule has 3 nitrogen and oxygen atoms in total. The molecule has 1 atom stereocenters. The van der Waals surface area contributed by atoms with Crippen molar-refractivity contribution in [3.8, 4) is 5.75 Å². The van der Waals surface area contributed by atoms with E-state index in [0.717, 1.165) is 12.3 Å². The molecule has 0 amide bonds. The quantitative estimate of drug-likeness (QED) is 0.773. The highest BCUT2D eigenvalue weighted by atomic mass is 32.2. The van der Waals surface area contributed by atoms with Gasteiger partial charge in [-0.05, 0) is 43.7 Å². The molecular formula is C16H25NO2S. The number of aryl methyl sites for hydroxylation is 1. The van der Waals surface area contributed by atoms with E-state index in [-0.39, 0.29) is 0 Å². The van der Waals surface area contributed by atoms with E-state index < -0.39 is 6.10 Å². The smallest absolute Gasteiger partial charge is 0.119 e. The first-order valence-electron chi connectivity index (χ1n) is 7.27. The first-order valence-corrected chi connectivity index (χ1v) is 8.49. The van der Waals surface area contributed by atoms with Crippen LogP contribution in [0.2, 0.25) is 0 Å². The Morgan fingerprint density at radius 3 is 2.85 bits per heavy atom. The Hall–Kier alpha value is -0.710. The summed E-state index contributed by atoms with van der Waals surface area (Å²) in [6.07, 6.45) is 5.63. The minimum absolute atomic E-state index is 0.336. The van der Waals surface area contributed by atoms with Gasteiger partial charge in [-0.1, -0.05) is 18.6 Å². The largest absolute Gasteiger partial charge is 0.491 e. The minimum Gasteiger partial charge on any atom is -0.491 e. The van der Waals surface area contributed by atoms with Crippen LogP contribution in [-0.2, 0) is 0 Å². The zero-order valence-corrected chi connectivity index (χ0v) is 13.2. The predicted molar refractivity (Wildman–Crippen MR) is 85.6 cm³/mol. The van der Waals surface area contributed by atoms with Crippen molar-refractivity contribution in [2.75, 3.05) is 26.0 Å². The van der Waals surface area contributed by atoms with Crippen LogP contribution in [0.4, 0.5) is 0 Å². The molecule has 0 radical (unpaired) electrons. The molecule has 2 rings (SSSR count). The van der Waals surface area contributed by atoms with Gasteiger partial charge < -0.3 is 15.2 Å². The minimum atomic E-state index is -0.463. The van der Waals surface area contributed by atoms with E-state index in [4.69, 9.17) is 4.74 Å². The third-order valence-electron chi connectivity index (χ3n) is 3.96. The summed E-state index contributed by atoms with van der Waals surface area (Å²) in [7, 11) is 0. The van der Waals surface area contributed by atoms with Gasteiger partial charge >= 0.3 is 0 Å². The predicted octanol–water partition coefficient (Wildman–Crippen LogP) is 2.61. The molecule has 20 heavy (non-hydrogen) atoms. The van der Waals surface area contributed by atoms with Crippen LogP contribution in [-0.4, -0.2) is 41.9 Å². The van der Waals surface area contributed by atoms with Gasteiger partial charge in [0.2, 0.25) is 0 Å². The number of aliphatic hydroxyl groups excluding tert-OH is 1. The number of hydrogen-bond acceptors (Lipinski definition) is 4. The maximum Gasteiger partial charge on any atom is 0.119 e. The summed E-state index contributed by atoms with van der Waals surface area (Å²) in [6.45, 7) is 3.94. The van der Waals surface area contributed by atoms with E-state index in [1.807, 2.05) is 43.0 Å². The van der Waals surface area contributed by atoms with Crippen LogP contribution in [0.3, 0.4) is 0 Å². The molecule has 4 heteroatoms. The lowest BCUT2D eigenvalue weighted by atomic mass is 9.84. The van der Waals surface area contributed by atoms with Crippen LogP contribution in [0.5, 0.6) is 5.75 Å². The third-order valence-corrected chi connectivity index (χ3v) is 5.38. The van der Waals surface area contributed by atoms with Crippen LogP contribution >= 0.6 is 11.8 Å². The van der Waals surface area contributed by atoms with E-state index >= 15 is 0 Å². The lowest BCUT2D eigenvalue weighted by molar-refractivity contribution is 0.105. The summed E-state index contributed by atoms with van der Waals surface area (Å²) in [5.74, 6) is 0.823. The second-order valence-electron chi connectivity index (χ2n) is 5.65. The van der Waals surface area contributed by atoms with Gasteiger partial charge in [-0.3, -0.25) is 0 Å². The van der Waals surface area contributed by atoms with Gasteiger partial charge in [0.1, 0.15) is 18.5 Å². The average Bonchev–Trinajstić information content (AvgIpc) is 2.40. The summed E-state index contributed by atoms with van der Waals surface area (Å²) in [5.41, 5.74) is 1.17. The number of thioether (sulfide) groups is 1. The SMILES string of the molecule is CSC1(CNCC(O)COc2cccc(C)c2)CCC1. The molecule has 1 aromatic rings. The Kier molecular flexibility index (Phi) is 5.75. The molecule has 0 aliphatic heterocycles. The van der Waals surface area contributed by atoms with Crippen LogP contribution < -0.4 is 10.1 Å². The standard InChI is InChI=1S/C16H25NO2S/c1-13-5-3-6-15(9-13)19-11-14(18)10-17-12-16(20-2)7-4-8-16/h3,5-6,9,14,17-18H,4,7-8,10-12H2,1-2H3. The van der Waals surface area contributed by atoms with Crippen molar-refractivity contribution in [2.24, 2.45) is 0 Å². The monoisotopic (exact) mass is 295 g/mol. The Bertz CT molecular complexity index is 415. The van der Waals surface area contributed by atoms with Crippen molar-refractivity contribution in [3.05, 3.63) is 29.8 Å². The number of rotatable bonds is 8. The molecule has 0 heterocycles. The molecule has 2 N–H and O–H groups in total.